The summed E-state index contributed by atoms with van der Waals surface area (Å²) in [6.45, 7) is 12.1. The summed E-state index contributed by atoms with van der Waals surface area (Å²) in [5.41, 5.74) is -3.30. The van der Waals surface area contributed by atoms with Gasteiger partial charge in [-0.1, -0.05) is 46.0 Å². The largest absolute Gasteiger partial charge is 0.481 e. The van der Waals surface area contributed by atoms with Crippen molar-refractivity contribution in [3.8, 4) is 0 Å². The van der Waals surface area contributed by atoms with Crippen molar-refractivity contribution in [1.82, 2.24) is 4.39 Å². The summed E-state index contributed by atoms with van der Waals surface area (Å²) < 4.78 is 31.6. The molecule has 1 rings (SSSR count). The number of aliphatic carboxylic acids is 2. The Morgan fingerprint density at radius 1 is 1.15 bits per heavy atom. The normalized spacial score (nSPS) is 29.0. The highest BCUT2D eigenvalue weighted by Gasteiger charge is 2.48. The molecule has 0 heterocycles. The smallest absolute Gasteiger partial charge is 0.319 e. The lowest BCUT2D eigenvalue weighted by Crippen LogP contribution is -2.54. The molecule has 2 atom stereocenters. The van der Waals surface area contributed by atoms with Crippen molar-refractivity contribution >= 4 is 36.1 Å². The number of carbonyl (C=O) groups is 2. The summed E-state index contributed by atoms with van der Waals surface area (Å²) in [6.07, 6.45) is 2.18. The summed E-state index contributed by atoms with van der Waals surface area (Å²) in [5.74, 6) is -2.47. The van der Waals surface area contributed by atoms with Gasteiger partial charge in [-0.15, -0.1) is 0 Å². The predicted octanol–water partition coefficient (Wildman–Crippen LogP) is 2.41. The highest BCUT2D eigenvalue weighted by atomic mass is 32.2. The average molecular weight is 405 g/mol. The number of carboxylic acids is 2. The van der Waals surface area contributed by atoms with E-state index in [-0.39, 0.29) is 17.2 Å². The van der Waals surface area contributed by atoms with Crippen LogP contribution in [0, 0.1) is 10.8 Å². The molecule has 0 spiro atoms. The molecular weight excluding hydrogens is 376 g/mol. The van der Waals surface area contributed by atoms with Gasteiger partial charge in [0.1, 0.15) is 13.7 Å². The Hall–Kier alpha value is -1.52. The minimum Gasteiger partial charge on any atom is -0.481 e. The molecule has 3 N–H and O–H groups in total. The minimum absolute atomic E-state index is 0.205. The number of nitrogens with one attached hydrogen (secondary N) is 1. The van der Waals surface area contributed by atoms with E-state index in [0.717, 1.165) is 0 Å². The van der Waals surface area contributed by atoms with Gasteiger partial charge in [0.15, 0.2) is 0 Å². The van der Waals surface area contributed by atoms with Crippen LogP contribution in [-0.2, 0) is 19.8 Å². The van der Waals surface area contributed by atoms with Gasteiger partial charge in [0.25, 0.3) is 0 Å². The number of hydrogen-bond donors (Lipinski definition) is 3. The molecule has 0 aromatic heterocycles. The number of carboxylic acid groups (broad SMARTS) is 2. The molecule has 2 unspecified atom stereocenters. The molecule has 0 saturated carbocycles. The van der Waals surface area contributed by atoms with Crippen molar-refractivity contribution in [2.24, 2.45) is 15.2 Å². The Balaban J connectivity index is 3.46. The Bertz CT molecular complexity index is 781. The standard InChI is InChI=1S/C16H28N2O6SSi/c1-14(2,3)26(6,7)18-25(23,24)17-11-10-15(4,12(19)20)8-9-16(11,5)13(21)22/h8-9,18H,10H2,1-7H3,(H,19,20)(H,21,22). The van der Waals surface area contributed by atoms with Crippen molar-refractivity contribution in [1.29, 1.82) is 0 Å². The van der Waals surface area contributed by atoms with E-state index >= 15 is 0 Å². The molecule has 0 aromatic carbocycles. The molecule has 0 aromatic rings. The van der Waals surface area contributed by atoms with Crippen molar-refractivity contribution in [3.63, 3.8) is 0 Å². The minimum atomic E-state index is -4.19. The van der Waals surface area contributed by atoms with E-state index in [9.17, 15) is 28.2 Å². The second-order valence-electron chi connectivity index (χ2n) is 8.73. The van der Waals surface area contributed by atoms with E-state index in [1.165, 1.54) is 26.0 Å². The van der Waals surface area contributed by atoms with E-state index < -0.39 is 41.2 Å². The first-order chi connectivity index (χ1) is 11.4. The molecule has 1 aliphatic carbocycles. The van der Waals surface area contributed by atoms with Crippen LogP contribution in [0.5, 0.6) is 0 Å². The SMILES string of the molecule is CC1(C(=O)O)C=CC(C)(C(=O)O)C(=NS(=O)(=O)N[Si](C)(C)C(C)(C)C)C1. The fourth-order valence-corrected chi connectivity index (χ4v) is 6.68. The lowest BCUT2D eigenvalue weighted by molar-refractivity contribution is -0.146. The predicted molar refractivity (Wildman–Crippen MR) is 102 cm³/mol. The zero-order chi connectivity index (χ0) is 20.8. The van der Waals surface area contributed by atoms with Crippen LogP contribution < -0.4 is 4.39 Å². The Labute approximate surface area is 155 Å². The maximum atomic E-state index is 12.6. The van der Waals surface area contributed by atoms with Gasteiger partial charge >= 0.3 is 22.1 Å². The highest BCUT2D eigenvalue weighted by molar-refractivity contribution is 7.89. The first-order valence-electron chi connectivity index (χ1n) is 8.17. The maximum Gasteiger partial charge on any atom is 0.319 e. The van der Waals surface area contributed by atoms with Gasteiger partial charge in [-0.2, -0.15) is 12.8 Å². The van der Waals surface area contributed by atoms with E-state index in [1.807, 2.05) is 33.9 Å². The van der Waals surface area contributed by atoms with Crippen LogP contribution in [0.15, 0.2) is 16.5 Å². The zero-order valence-corrected chi connectivity index (χ0v) is 18.1. The van der Waals surface area contributed by atoms with Gasteiger partial charge in [-0.3, -0.25) is 9.59 Å². The topological polar surface area (TPSA) is 133 Å². The second-order valence-corrected chi connectivity index (χ2v) is 15.4. The average Bonchev–Trinajstić information content (AvgIpc) is 2.39. The number of hydrogen-bond acceptors (Lipinski definition) is 4. The van der Waals surface area contributed by atoms with Crippen LogP contribution >= 0.6 is 0 Å². The highest BCUT2D eigenvalue weighted by Crippen LogP contribution is 2.39. The number of nitrogens with zero attached hydrogens (tertiary/aromatic N) is 1. The van der Waals surface area contributed by atoms with Gasteiger partial charge in [0.2, 0.25) is 0 Å². The molecule has 8 nitrogen and oxygen atoms in total. The van der Waals surface area contributed by atoms with Crippen molar-refractivity contribution in [2.45, 2.75) is 59.2 Å². The fourth-order valence-electron chi connectivity index (χ4n) is 2.15. The van der Waals surface area contributed by atoms with E-state index in [0.29, 0.717) is 0 Å². The van der Waals surface area contributed by atoms with Crippen molar-refractivity contribution < 1.29 is 28.2 Å². The summed E-state index contributed by atoms with van der Waals surface area (Å²) >= 11 is 0. The second kappa shape index (κ2) is 6.57. The molecule has 1 aliphatic rings. The Kier molecular flexibility index (Phi) is 5.69. The van der Waals surface area contributed by atoms with Gasteiger partial charge in [0.05, 0.1) is 11.1 Å². The van der Waals surface area contributed by atoms with Crippen molar-refractivity contribution in [3.05, 3.63) is 12.2 Å². The van der Waals surface area contributed by atoms with Crippen LogP contribution in [0.3, 0.4) is 0 Å². The quantitative estimate of drug-likeness (QED) is 0.476. The molecule has 148 valence electrons. The first-order valence-corrected chi connectivity index (χ1v) is 12.6. The Morgan fingerprint density at radius 2 is 1.65 bits per heavy atom. The molecule has 0 radical (unpaired) electrons. The molecular formula is C16H28N2O6SSi. The summed E-state index contributed by atoms with van der Waals surface area (Å²) in [7, 11) is -6.68. The molecule has 10 heteroatoms. The van der Waals surface area contributed by atoms with Gasteiger partial charge in [0, 0.05) is 6.42 Å². The third-order valence-electron chi connectivity index (χ3n) is 5.34. The summed E-state index contributed by atoms with van der Waals surface area (Å²) in [5, 5.41) is 18.7. The van der Waals surface area contributed by atoms with E-state index in [4.69, 9.17) is 0 Å². The molecule has 0 fully saturated rings. The van der Waals surface area contributed by atoms with Crippen LogP contribution in [0.4, 0.5) is 0 Å². The molecule has 0 amide bonds. The fraction of sp³-hybridized carbons (Fsp3) is 0.688. The molecule has 0 aliphatic heterocycles. The Morgan fingerprint density at radius 3 is 2.04 bits per heavy atom. The molecule has 26 heavy (non-hydrogen) atoms. The lowest BCUT2D eigenvalue weighted by Gasteiger charge is -2.37. The zero-order valence-electron chi connectivity index (χ0n) is 16.2. The molecule has 0 bridgehead atoms. The van der Waals surface area contributed by atoms with Gasteiger partial charge in [-0.05, 0) is 18.9 Å². The van der Waals surface area contributed by atoms with Crippen LogP contribution in [0.1, 0.15) is 41.0 Å². The van der Waals surface area contributed by atoms with Crippen LogP contribution in [-0.4, -0.2) is 44.5 Å². The molecule has 0 saturated heterocycles. The monoisotopic (exact) mass is 404 g/mol. The summed E-state index contributed by atoms with van der Waals surface area (Å²) in [4.78, 5) is 23.2. The van der Waals surface area contributed by atoms with Crippen LogP contribution in [0.2, 0.25) is 18.1 Å². The van der Waals surface area contributed by atoms with Crippen LogP contribution in [0.25, 0.3) is 0 Å². The van der Waals surface area contributed by atoms with E-state index in [2.05, 4.69) is 8.79 Å². The number of rotatable bonds is 5. The third kappa shape index (κ3) is 4.41. The third-order valence-corrected chi connectivity index (χ3v) is 12.6. The maximum absolute atomic E-state index is 12.6. The summed E-state index contributed by atoms with van der Waals surface area (Å²) in [6, 6.07) is 0. The van der Waals surface area contributed by atoms with Gasteiger partial charge < -0.3 is 10.2 Å². The lowest BCUT2D eigenvalue weighted by atomic mass is 9.69. The van der Waals surface area contributed by atoms with E-state index in [1.54, 1.807) is 0 Å². The first kappa shape index (κ1) is 22.5. The van der Waals surface area contributed by atoms with Crippen molar-refractivity contribution in [2.75, 3.05) is 0 Å². The van der Waals surface area contributed by atoms with Gasteiger partial charge in [-0.25, -0.2) is 4.39 Å².